The highest BCUT2D eigenvalue weighted by atomic mass is 32.2. The smallest absolute Gasteiger partial charge is 0.0178 e. The Morgan fingerprint density at radius 3 is 2.69 bits per heavy atom. The second-order valence-electron chi connectivity index (χ2n) is 5.04. The fraction of sp³-hybridized carbons (Fsp3) is 0.571. The lowest BCUT2D eigenvalue weighted by Crippen LogP contribution is -2.12. The average molecular weight is 235 g/mol. The average Bonchev–Trinajstić information content (AvgIpc) is 3.08. The normalized spacial score (nSPS) is 17.8. The molecule has 0 radical (unpaired) electrons. The molecule has 2 heteroatoms. The molecule has 1 aliphatic rings. The Morgan fingerprint density at radius 1 is 1.38 bits per heavy atom. The maximum Gasteiger partial charge on any atom is 0.0178 e. The van der Waals surface area contributed by atoms with Crippen molar-refractivity contribution in [2.45, 2.75) is 43.9 Å². The van der Waals surface area contributed by atoms with Gasteiger partial charge in [-0.25, -0.2) is 0 Å². The Hall–Kier alpha value is -0.470. The molecule has 2 rings (SSSR count). The van der Waals surface area contributed by atoms with Gasteiger partial charge in [-0.15, -0.1) is 0 Å². The molecular weight excluding hydrogens is 214 g/mol. The monoisotopic (exact) mass is 235 g/mol. The van der Waals surface area contributed by atoms with Gasteiger partial charge in [0.05, 0.1) is 0 Å². The summed E-state index contributed by atoms with van der Waals surface area (Å²) in [6.07, 6.45) is 2.70. The third-order valence-electron chi connectivity index (χ3n) is 3.32. The van der Waals surface area contributed by atoms with Crippen molar-refractivity contribution in [2.24, 2.45) is 5.73 Å². The van der Waals surface area contributed by atoms with Gasteiger partial charge >= 0.3 is 0 Å². The van der Waals surface area contributed by atoms with Gasteiger partial charge in [0.25, 0.3) is 0 Å². The van der Waals surface area contributed by atoms with E-state index in [1.807, 2.05) is 0 Å². The van der Waals surface area contributed by atoms with Crippen molar-refractivity contribution in [1.82, 2.24) is 0 Å². The van der Waals surface area contributed by atoms with E-state index in [4.69, 9.17) is 5.73 Å². The summed E-state index contributed by atoms with van der Waals surface area (Å²) in [5, 5.41) is 0.732. The molecular formula is C14H21NS. The molecule has 1 aliphatic carbocycles. The van der Waals surface area contributed by atoms with E-state index >= 15 is 0 Å². The number of rotatable bonds is 5. The summed E-state index contributed by atoms with van der Waals surface area (Å²) in [5.74, 6) is 1.26. The highest BCUT2D eigenvalue weighted by Crippen LogP contribution is 2.50. The Balaban J connectivity index is 2.10. The van der Waals surface area contributed by atoms with Crippen LogP contribution in [-0.2, 0) is 12.0 Å². The van der Waals surface area contributed by atoms with Crippen LogP contribution in [-0.4, -0.2) is 11.0 Å². The van der Waals surface area contributed by atoms with Gasteiger partial charge in [0, 0.05) is 17.7 Å². The number of hydrogen-bond donors (Lipinski definition) is 1. The Labute approximate surface area is 103 Å². The third-order valence-corrected chi connectivity index (χ3v) is 4.71. The summed E-state index contributed by atoms with van der Waals surface area (Å²) in [5.41, 5.74) is 8.94. The van der Waals surface area contributed by atoms with Gasteiger partial charge in [-0.1, -0.05) is 38.1 Å². The van der Waals surface area contributed by atoms with Crippen LogP contribution in [0, 0.1) is 0 Å². The first-order valence-electron chi connectivity index (χ1n) is 6.07. The van der Waals surface area contributed by atoms with Gasteiger partial charge < -0.3 is 5.73 Å². The molecule has 0 aromatic heterocycles. The summed E-state index contributed by atoms with van der Waals surface area (Å²) in [7, 11) is 0. The molecule has 0 saturated heterocycles. The molecule has 16 heavy (non-hydrogen) atoms. The molecule has 1 aromatic rings. The number of nitrogens with two attached hydrogens (primary N) is 1. The Kier molecular flexibility index (Phi) is 3.60. The van der Waals surface area contributed by atoms with Crippen LogP contribution in [0.2, 0.25) is 0 Å². The van der Waals surface area contributed by atoms with Crippen molar-refractivity contribution in [1.29, 1.82) is 0 Å². The predicted octanol–water partition coefficient (Wildman–Crippen LogP) is 3.32. The van der Waals surface area contributed by atoms with Crippen LogP contribution in [0.25, 0.3) is 0 Å². The van der Waals surface area contributed by atoms with Crippen molar-refractivity contribution < 1.29 is 0 Å². The Morgan fingerprint density at radius 2 is 2.12 bits per heavy atom. The molecule has 88 valence electrons. The van der Waals surface area contributed by atoms with E-state index in [0.29, 0.717) is 12.0 Å². The van der Waals surface area contributed by atoms with Gasteiger partial charge in [0.1, 0.15) is 0 Å². The third kappa shape index (κ3) is 2.61. The Bertz CT molecular complexity index is 356. The largest absolute Gasteiger partial charge is 0.326 e. The molecule has 0 spiro atoms. The minimum Gasteiger partial charge on any atom is -0.326 e. The quantitative estimate of drug-likeness (QED) is 0.847. The maximum absolute atomic E-state index is 5.70. The fourth-order valence-electron chi connectivity index (χ4n) is 2.02. The lowest BCUT2D eigenvalue weighted by Gasteiger charge is -2.17. The van der Waals surface area contributed by atoms with Crippen molar-refractivity contribution in [2.75, 3.05) is 5.75 Å². The van der Waals surface area contributed by atoms with Gasteiger partial charge in [-0.05, 0) is 29.2 Å². The molecule has 0 aliphatic heterocycles. The van der Waals surface area contributed by atoms with E-state index < -0.39 is 0 Å². The van der Waals surface area contributed by atoms with E-state index in [-0.39, 0.29) is 0 Å². The highest BCUT2D eigenvalue weighted by Gasteiger charge is 2.44. The summed E-state index contributed by atoms with van der Waals surface area (Å²) >= 11 is 2.08. The van der Waals surface area contributed by atoms with E-state index in [9.17, 15) is 0 Å². The first-order chi connectivity index (χ1) is 7.66. The van der Waals surface area contributed by atoms with E-state index in [2.05, 4.69) is 49.9 Å². The molecule has 2 N–H and O–H groups in total. The second kappa shape index (κ2) is 4.80. The SMILES string of the molecule is CC(C)SCC1(c2cccc(CN)c2)CC1. The molecule has 1 nitrogen and oxygen atoms in total. The standard InChI is InChI=1S/C14H21NS/c1-11(2)16-10-14(6-7-14)13-5-3-4-12(8-13)9-15/h3-5,8,11H,6-7,9-10,15H2,1-2H3. The predicted molar refractivity (Wildman–Crippen MR) is 72.8 cm³/mol. The second-order valence-corrected chi connectivity index (χ2v) is 6.61. The van der Waals surface area contributed by atoms with Crippen LogP contribution in [0.3, 0.4) is 0 Å². The lowest BCUT2D eigenvalue weighted by molar-refractivity contribution is 0.796. The van der Waals surface area contributed by atoms with Crippen molar-refractivity contribution in [3.8, 4) is 0 Å². The van der Waals surface area contributed by atoms with Crippen LogP contribution in [0.4, 0.5) is 0 Å². The highest BCUT2D eigenvalue weighted by molar-refractivity contribution is 7.99. The minimum atomic E-state index is 0.472. The fourth-order valence-corrected chi connectivity index (χ4v) is 3.13. The lowest BCUT2D eigenvalue weighted by atomic mass is 9.96. The zero-order valence-electron chi connectivity index (χ0n) is 10.2. The summed E-state index contributed by atoms with van der Waals surface area (Å²) in [6.45, 7) is 5.20. The van der Waals surface area contributed by atoms with Crippen LogP contribution in [0.15, 0.2) is 24.3 Å². The topological polar surface area (TPSA) is 26.0 Å². The van der Waals surface area contributed by atoms with Crippen molar-refractivity contribution in [3.63, 3.8) is 0 Å². The summed E-state index contributed by atoms with van der Waals surface area (Å²) in [4.78, 5) is 0. The maximum atomic E-state index is 5.70. The zero-order chi connectivity index (χ0) is 11.6. The number of benzene rings is 1. The molecule has 0 heterocycles. The van der Waals surface area contributed by atoms with Gasteiger partial charge in [-0.2, -0.15) is 11.8 Å². The molecule has 1 aromatic carbocycles. The van der Waals surface area contributed by atoms with Crippen LogP contribution >= 0.6 is 11.8 Å². The first-order valence-corrected chi connectivity index (χ1v) is 7.12. The van der Waals surface area contributed by atoms with Crippen molar-refractivity contribution in [3.05, 3.63) is 35.4 Å². The summed E-state index contributed by atoms with van der Waals surface area (Å²) < 4.78 is 0. The molecule has 1 fully saturated rings. The zero-order valence-corrected chi connectivity index (χ0v) is 11.0. The van der Waals surface area contributed by atoms with Crippen LogP contribution < -0.4 is 5.73 Å². The molecule has 1 saturated carbocycles. The number of hydrogen-bond acceptors (Lipinski definition) is 2. The molecule has 0 atom stereocenters. The van der Waals surface area contributed by atoms with Crippen molar-refractivity contribution >= 4 is 11.8 Å². The van der Waals surface area contributed by atoms with Gasteiger partial charge in [-0.3, -0.25) is 0 Å². The molecule has 0 unspecified atom stereocenters. The molecule has 0 amide bonds. The minimum absolute atomic E-state index is 0.472. The summed E-state index contributed by atoms with van der Waals surface area (Å²) in [6, 6.07) is 8.84. The van der Waals surface area contributed by atoms with E-state index in [1.54, 1.807) is 0 Å². The van der Waals surface area contributed by atoms with Gasteiger partial charge in [0.15, 0.2) is 0 Å². The first kappa shape index (κ1) is 12.0. The van der Waals surface area contributed by atoms with E-state index in [1.165, 1.54) is 29.7 Å². The molecule has 0 bridgehead atoms. The van der Waals surface area contributed by atoms with Crippen LogP contribution in [0.1, 0.15) is 37.8 Å². The van der Waals surface area contributed by atoms with E-state index in [0.717, 1.165) is 5.25 Å². The van der Waals surface area contributed by atoms with Gasteiger partial charge in [0.2, 0.25) is 0 Å². The number of thioether (sulfide) groups is 1. The van der Waals surface area contributed by atoms with Crippen LogP contribution in [0.5, 0.6) is 0 Å².